The van der Waals surface area contributed by atoms with Crippen molar-refractivity contribution in [3.8, 4) is 27.6 Å². The molecule has 1 amide bonds. The minimum atomic E-state index is -0.0360. The number of anilines is 1. The van der Waals surface area contributed by atoms with E-state index in [4.69, 9.17) is 9.72 Å². The summed E-state index contributed by atoms with van der Waals surface area (Å²) in [5, 5.41) is 3.04. The quantitative estimate of drug-likeness (QED) is 0.431. The van der Waals surface area contributed by atoms with Crippen LogP contribution < -0.4 is 9.64 Å². The van der Waals surface area contributed by atoms with E-state index in [1.54, 1.807) is 11.3 Å². The molecule has 0 spiro atoms. The summed E-state index contributed by atoms with van der Waals surface area (Å²) >= 11 is 1.62. The highest BCUT2D eigenvalue weighted by molar-refractivity contribution is 7.13. The molecule has 0 aliphatic carbocycles. The second kappa shape index (κ2) is 7.76. The Bertz CT molecular complexity index is 1220. The van der Waals surface area contributed by atoms with Crippen molar-refractivity contribution in [1.29, 1.82) is 0 Å². The molecule has 4 aromatic rings. The fraction of sp³-hybridized carbons (Fsp3) is 0.120. The monoisotopic (exact) mass is 412 g/mol. The molecule has 4 nitrogen and oxygen atoms in total. The molecule has 0 N–H and O–H groups in total. The SMILES string of the molecule is Cc1ccccc1CN1C(=O)COc2ccc(-c3csc(-c4ccccc4)n3)cc21. The zero-order valence-electron chi connectivity index (χ0n) is 16.5. The molecular formula is C25H20N2O2S. The largest absolute Gasteiger partial charge is 0.482 e. The Labute approximate surface area is 179 Å². The molecule has 0 bridgehead atoms. The van der Waals surface area contributed by atoms with E-state index in [-0.39, 0.29) is 12.5 Å². The number of rotatable bonds is 4. The Morgan fingerprint density at radius 1 is 1.00 bits per heavy atom. The number of ether oxygens (including phenoxy) is 1. The topological polar surface area (TPSA) is 42.4 Å². The highest BCUT2D eigenvalue weighted by Gasteiger charge is 2.26. The number of carbonyl (C=O) groups is 1. The number of carbonyl (C=O) groups excluding carboxylic acids is 1. The lowest BCUT2D eigenvalue weighted by Crippen LogP contribution is -2.38. The van der Waals surface area contributed by atoms with E-state index < -0.39 is 0 Å². The van der Waals surface area contributed by atoms with Gasteiger partial charge in [-0.15, -0.1) is 11.3 Å². The number of aryl methyl sites for hydroxylation is 1. The molecule has 0 saturated heterocycles. The van der Waals surface area contributed by atoms with Crippen molar-refractivity contribution in [3.05, 3.63) is 89.3 Å². The minimum absolute atomic E-state index is 0.0360. The molecule has 5 rings (SSSR count). The lowest BCUT2D eigenvalue weighted by atomic mass is 10.1. The predicted octanol–water partition coefficient (Wildman–Crippen LogP) is 5.71. The molecule has 5 heteroatoms. The van der Waals surface area contributed by atoms with Gasteiger partial charge in [-0.3, -0.25) is 4.79 Å². The van der Waals surface area contributed by atoms with Crippen molar-refractivity contribution in [2.24, 2.45) is 0 Å². The Morgan fingerprint density at radius 2 is 1.80 bits per heavy atom. The zero-order chi connectivity index (χ0) is 20.5. The van der Waals surface area contributed by atoms with E-state index >= 15 is 0 Å². The highest BCUT2D eigenvalue weighted by Crippen LogP contribution is 2.38. The molecular weight excluding hydrogens is 392 g/mol. The molecule has 0 saturated carbocycles. The summed E-state index contributed by atoms with van der Waals surface area (Å²) < 4.78 is 5.69. The van der Waals surface area contributed by atoms with Gasteiger partial charge in [-0.25, -0.2) is 4.98 Å². The summed E-state index contributed by atoms with van der Waals surface area (Å²) in [6.45, 7) is 2.66. The van der Waals surface area contributed by atoms with Crippen molar-refractivity contribution in [3.63, 3.8) is 0 Å². The maximum atomic E-state index is 12.7. The maximum Gasteiger partial charge on any atom is 0.265 e. The second-order valence-corrected chi connectivity index (χ2v) is 8.14. The Kier molecular flexibility index (Phi) is 4.81. The van der Waals surface area contributed by atoms with Crippen LogP contribution in [0.25, 0.3) is 21.8 Å². The van der Waals surface area contributed by atoms with E-state index in [2.05, 4.69) is 36.6 Å². The number of benzene rings is 3. The van der Waals surface area contributed by atoms with Crippen LogP contribution in [0.3, 0.4) is 0 Å². The molecule has 1 aromatic heterocycles. The first-order chi connectivity index (χ1) is 14.7. The molecule has 0 fully saturated rings. The second-order valence-electron chi connectivity index (χ2n) is 7.28. The Hall–Kier alpha value is -3.44. The van der Waals surface area contributed by atoms with Crippen LogP contribution in [0.1, 0.15) is 11.1 Å². The van der Waals surface area contributed by atoms with Gasteiger partial charge in [0.1, 0.15) is 10.8 Å². The third-order valence-corrected chi connectivity index (χ3v) is 6.20. The van der Waals surface area contributed by atoms with E-state index in [0.29, 0.717) is 6.54 Å². The van der Waals surface area contributed by atoms with Gasteiger partial charge in [-0.1, -0.05) is 54.6 Å². The Morgan fingerprint density at radius 3 is 2.63 bits per heavy atom. The summed E-state index contributed by atoms with van der Waals surface area (Å²) in [5.41, 5.74) is 6.06. The van der Waals surface area contributed by atoms with E-state index in [0.717, 1.165) is 38.8 Å². The lowest BCUT2D eigenvalue weighted by Gasteiger charge is -2.30. The van der Waals surface area contributed by atoms with E-state index in [1.807, 2.05) is 53.4 Å². The number of aromatic nitrogens is 1. The number of hydrogen-bond acceptors (Lipinski definition) is 4. The fourth-order valence-electron chi connectivity index (χ4n) is 3.61. The number of hydrogen-bond donors (Lipinski definition) is 0. The molecule has 30 heavy (non-hydrogen) atoms. The van der Waals surface area contributed by atoms with Crippen LogP contribution in [0.15, 0.2) is 78.2 Å². The van der Waals surface area contributed by atoms with Gasteiger partial charge in [-0.2, -0.15) is 0 Å². The van der Waals surface area contributed by atoms with Crippen LogP contribution in [0.2, 0.25) is 0 Å². The summed E-state index contributed by atoms with van der Waals surface area (Å²) in [4.78, 5) is 19.3. The van der Waals surface area contributed by atoms with Crippen LogP contribution in [-0.4, -0.2) is 17.5 Å². The lowest BCUT2D eigenvalue weighted by molar-refractivity contribution is -0.121. The molecule has 2 heterocycles. The standard InChI is InChI=1S/C25H20N2O2S/c1-17-7-5-6-10-20(17)14-27-22-13-19(11-12-23(22)29-15-24(27)28)21-16-30-25(26-21)18-8-3-2-4-9-18/h2-13,16H,14-15H2,1H3. The first-order valence-corrected chi connectivity index (χ1v) is 10.7. The molecule has 0 radical (unpaired) electrons. The van der Waals surface area contributed by atoms with Gasteiger partial charge in [0.2, 0.25) is 0 Å². The number of thiazole rings is 1. The predicted molar refractivity (Wildman–Crippen MR) is 121 cm³/mol. The normalized spacial score (nSPS) is 13.1. The third kappa shape index (κ3) is 3.48. The van der Waals surface area contributed by atoms with Crippen LogP contribution in [-0.2, 0) is 11.3 Å². The van der Waals surface area contributed by atoms with Crippen molar-refractivity contribution in [2.45, 2.75) is 13.5 Å². The van der Waals surface area contributed by atoms with Crippen molar-refractivity contribution < 1.29 is 9.53 Å². The molecule has 0 unspecified atom stereocenters. The van der Waals surface area contributed by atoms with Gasteiger partial charge >= 0.3 is 0 Å². The van der Waals surface area contributed by atoms with E-state index in [9.17, 15) is 4.79 Å². The average molecular weight is 413 g/mol. The summed E-state index contributed by atoms with van der Waals surface area (Å²) in [6.07, 6.45) is 0. The molecule has 1 aliphatic rings. The van der Waals surface area contributed by atoms with E-state index in [1.165, 1.54) is 5.56 Å². The molecule has 3 aromatic carbocycles. The van der Waals surface area contributed by atoms with Gasteiger partial charge < -0.3 is 9.64 Å². The van der Waals surface area contributed by atoms with Crippen molar-refractivity contribution in [2.75, 3.05) is 11.5 Å². The van der Waals surface area contributed by atoms with Gasteiger partial charge in [-0.05, 0) is 36.2 Å². The number of fused-ring (bicyclic) bond motifs is 1. The number of nitrogens with zero attached hydrogens (tertiary/aromatic N) is 2. The average Bonchev–Trinajstić information content (AvgIpc) is 3.28. The minimum Gasteiger partial charge on any atom is -0.482 e. The summed E-state index contributed by atoms with van der Waals surface area (Å²) in [7, 11) is 0. The first kappa shape index (κ1) is 18.6. The zero-order valence-corrected chi connectivity index (χ0v) is 17.4. The van der Waals surface area contributed by atoms with Crippen molar-refractivity contribution in [1.82, 2.24) is 4.98 Å². The van der Waals surface area contributed by atoms with Gasteiger partial charge in [0, 0.05) is 16.5 Å². The Balaban J connectivity index is 1.50. The van der Waals surface area contributed by atoms with Crippen LogP contribution in [0.5, 0.6) is 5.75 Å². The maximum absolute atomic E-state index is 12.7. The van der Waals surface area contributed by atoms with Crippen LogP contribution in [0.4, 0.5) is 5.69 Å². The highest BCUT2D eigenvalue weighted by atomic mass is 32.1. The van der Waals surface area contributed by atoms with Gasteiger partial charge in [0.25, 0.3) is 5.91 Å². The molecule has 1 aliphatic heterocycles. The fourth-order valence-corrected chi connectivity index (χ4v) is 4.45. The van der Waals surface area contributed by atoms with Gasteiger partial charge in [0.15, 0.2) is 6.61 Å². The first-order valence-electron chi connectivity index (χ1n) is 9.82. The van der Waals surface area contributed by atoms with Crippen LogP contribution >= 0.6 is 11.3 Å². The third-order valence-electron chi connectivity index (χ3n) is 5.31. The smallest absolute Gasteiger partial charge is 0.265 e. The van der Waals surface area contributed by atoms with Gasteiger partial charge in [0.05, 0.1) is 17.9 Å². The number of amides is 1. The summed E-state index contributed by atoms with van der Waals surface area (Å²) in [6, 6.07) is 24.3. The molecule has 0 atom stereocenters. The van der Waals surface area contributed by atoms with Crippen molar-refractivity contribution >= 4 is 22.9 Å². The van der Waals surface area contributed by atoms with Crippen LogP contribution in [0, 0.1) is 6.92 Å². The summed E-state index contributed by atoms with van der Waals surface area (Å²) in [5.74, 6) is 0.691. The molecule has 148 valence electrons.